The van der Waals surface area contributed by atoms with Crippen molar-refractivity contribution in [1.29, 1.82) is 0 Å². The normalized spacial score (nSPS) is 15.4. The zero-order valence-corrected chi connectivity index (χ0v) is 16.7. The summed E-state index contributed by atoms with van der Waals surface area (Å²) in [5, 5.41) is 5.96. The second-order valence-electron chi connectivity index (χ2n) is 7.02. The zero-order chi connectivity index (χ0) is 19.7. The lowest BCUT2D eigenvalue weighted by Gasteiger charge is -2.21. The van der Waals surface area contributed by atoms with Gasteiger partial charge in [-0.1, -0.05) is 12.2 Å². The molecule has 0 saturated carbocycles. The lowest BCUT2D eigenvalue weighted by Crippen LogP contribution is -2.41. The highest BCUT2D eigenvalue weighted by Gasteiger charge is 2.25. The largest absolute Gasteiger partial charge is 0.372 e. The summed E-state index contributed by atoms with van der Waals surface area (Å²) in [6, 6.07) is 0. The highest BCUT2D eigenvalue weighted by atomic mass is 16.6. The van der Waals surface area contributed by atoms with E-state index in [0.717, 1.165) is 64.8 Å². The molecule has 0 aromatic heterocycles. The Kier molecular flexibility index (Phi) is 13.3. The van der Waals surface area contributed by atoms with E-state index in [1.54, 1.807) is 0 Å². The van der Waals surface area contributed by atoms with Crippen LogP contribution in [-0.4, -0.2) is 62.1 Å². The SMILES string of the molecule is C=CCCCCC(=O)NCCN(CCNC(=O)CCCCC=C)CC1CO1. The van der Waals surface area contributed by atoms with Crippen LogP contribution >= 0.6 is 0 Å². The van der Waals surface area contributed by atoms with Gasteiger partial charge in [0.1, 0.15) is 0 Å². The minimum absolute atomic E-state index is 0.106. The predicted octanol–water partition coefficient (Wildman–Crippen LogP) is 2.41. The molecule has 1 atom stereocenters. The Bertz CT molecular complexity index is 416. The summed E-state index contributed by atoms with van der Waals surface area (Å²) in [5.74, 6) is 0.212. The second-order valence-corrected chi connectivity index (χ2v) is 7.02. The number of epoxide rings is 1. The molecule has 1 fully saturated rings. The lowest BCUT2D eigenvalue weighted by atomic mass is 10.2. The first-order valence-electron chi connectivity index (χ1n) is 10.2. The molecule has 6 heteroatoms. The van der Waals surface area contributed by atoms with Gasteiger partial charge in [0.2, 0.25) is 11.8 Å². The van der Waals surface area contributed by atoms with E-state index in [4.69, 9.17) is 4.74 Å². The van der Waals surface area contributed by atoms with Gasteiger partial charge in [0.15, 0.2) is 0 Å². The smallest absolute Gasteiger partial charge is 0.220 e. The highest BCUT2D eigenvalue weighted by Crippen LogP contribution is 2.10. The number of hydrogen-bond donors (Lipinski definition) is 2. The minimum atomic E-state index is 0.106. The molecule has 0 radical (unpaired) electrons. The zero-order valence-electron chi connectivity index (χ0n) is 16.7. The van der Waals surface area contributed by atoms with Gasteiger partial charge in [-0.25, -0.2) is 0 Å². The first kappa shape index (κ1) is 23.4. The Morgan fingerprint density at radius 1 is 0.926 bits per heavy atom. The summed E-state index contributed by atoms with van der Waals surface area (Å²) in [5.41, 5.74) is 0. The van der Waals surface area contributed by atoms with Gasteiger partial charge in [0.05, 0.1) is 12.7 Å². The number of carbonyl (C=O) groups excluding carboxylic acids is 2. The number of amides is 2. The number of rotatable bonds is 18. The average Bonchev–Trinajstić information content (AvgIpc) is 3.46. The van der Waals surface area contributed by atoms with Crippen LogP contribution in [0.25, 0.3) is 0 Å². The maximum absolute atomic E-state index is 11.8. The van der Waals surface area contributed by atoms with Gasteiger partial charge in [-0.2, -0.15) is 0 Å². The third-order valence-corrected chi connectivity index (χ3v) is 4.49. The Morgan fingerprint density at radius 3 is 1.81 bits per heavy atom. The van der Waals surface area contributed by atoms with Crippen molar-refractivity contribution >= 4 is 11.8 Å². The summed E-state index contributed by atoms with van der Waals surface area (Å²) in [7, 11) is 0. The highest BCUT2D eigenvalue weighted by molar-refractivity contribution is 5.76. The molecule has 1 aliphatic heterocycles. The summed E-state index contributed by atoms with van der Waals surface area (Å²) in [6.45, 7) is 11.8. The van der Waals surface area contributed by atoms with Crippen LogP contribution in [0, 0.1) is 0 Å². The van der Waals surface area contributed by atoms with Crippen LogP contribution in [0.1, 0.15) is 51.4 Å². The maximum atomic E-state index is 11.8. The van der Waals surface area contributed by atoms with E-state index in [2.05, 4.69) is 28.7 Å². The molecule has 0 spiro atoms. The van der Waals surface area contributed by atoms with E-state index in [9.17, 15) is 9.59 Å². The van der Waals surface area contributed by atoms with Crippen molar-refractivity contribution in [1.82, 2.24) is 15.5 Å². The third-order valence-electron chi connectivity index (χ3n) is 4.49. The van der Waals surface area contributed by atoms with Gasteiger partial charge in [-0.15, -0.1) is 13.2 Å². The average molecular weight is 380 g/mol. The van der Waals surface area contributed by atoms with E-state index in [0.29, 0.717) is 32.0 Å². The first-order valence-corrected chi connectivity index (χ1v) is 10.2. The molecule has 6 nitrogen and oxygen atoms in total. The van der Waals surface area contributed by atoms with Crippen molar-refractivity contribution in [2.75, 3.05) is 39.3 Å². The quantitative estimate of drug-likeness (QED) is 0.218. The number of carbonyl (C=O) groups is 2. The first-order chi connectivity index (χ1) is 13.2. The fourth-order valence-electron chi connectivity index (χ4n) is 2.79. The molecule has 1 heterocycles. The second kappa shape index (κ2) is 15.4. The fraction of sp³-hybridized carbons (Fsp3) is 0.714. The number of nitrogens with one attached hydrogen (secondary N) is 2. The summed E-state index contributed by atoms with van der Waals surface area (Å²) >= 11 is 0. The standard InChI is InChI=1S/C21H37N3O3/c1-3-5-7-9-11-20(25)22-13-15-24(17-19-18-27-19)16-14-23-21(26)12-10-8-6-4-2/h3-4,19H,1-2,5-18H2,(H,22,25)(H,23,26). The Balaban J connectivity index is 2.13. The van der Waals surface area contributed by atoms with Gasteiger partial charge in [0.25, 0.3) is 0 Å². The van der Waals surface area contributed by atoms with E-state index >= 15 is 0 Å². The molecule has 1 rings (SSSR count). The molecular weight excluding hydrogens is 342 g/mol. The molecule has 1 unspecified atom stereocenters. The molecule has 2 N–H and O–H groups in total. The van der Waals surface area contributed by atoms with Crippen molar-refractivity contribution in [2.45, 2.75) is 57.5 Å². The van der Waals surface area contributed by atoms with Crippen LogP contribution in [0.5, 0.6) is 0 Å². The van der Waals surface area contributed by atoms with Gasteiger partial charge >= 0.3 is 0 Å². The van der Waals surface area contributed by atoms with Gasteiger partial charge in [-0.3, -0.25) is 14.5 Å². The van der Waals surface area contributed by atoms with Crippen molar-refractivity contribution < 1.29 is 14.3 Å². The fourth-order valence-corrected chi connectivity index (χ4v) is 2.79. The van der Waals surface area contributed by atoms with Crippen LogP contribution in [0.2, 0.25) is 0 Å². The maximum Gasteiger partial charge on any atom is 0.220 e. The number of allylic oxidation sites excluding steroid dienone is 2. The van der Waals surface area contributed by atoms with Gasteiger partial charge in [0, 0.05) is 45.6 Å². The molecule has 1 saturated heterocycles. The van der Waals surface area contributed by atoms with E-state index in [1.807, 2.05) is 12.2 Å². The molecular formula is C21H37N3O3. The Morgan fingerprint density at radius 2 is 1.41 bits per heavy atom. The number of hydrogen-bond acceptors (Lipinski definition) is 4. The summed E-state index contributed by atoms with van der Waals surface area (Å²) in [6.07, 6.45) is 10.9. The lowest BCUT2D eigenvalue weighted by molar-refractivity contribution is -0.121. The molecule has 0 aliphatic carbocycles. The minimum Gasteiger partial charge on any atom is -0.372 e. The van der Waals surface area contributed by atoms with Gasteiger partial charge < -0.3 is 15.4 Å². The number of unbranched alkanes of at least 4 members (excludes halogenated alkanes) is 4. The van der Waals surface area contributed by atoms with Crippen LogP contribution < -0.4 is 10.6 Å². The monoisotopic (exact) mass is 379 g/mol. The Hall–Kier alpha value is -1.66. The summed E-state index contributed by atoms with van der Waals surface area (Å²) < 4.78 is 5.31. The number of nitrogens with zero attached hydrogens (tertiary/aromatic N) is 1. The van der Waals surface area contributed by atoms with Gasteiger partial charge in [-0.05, 0) is 38.5 Å². The van der Waals surface area contributed by atoms with Crippen molar-refractivity contribution in [3.63, 3.8) is 0 Å². The van der Waals surface area contributed by atoms with E-state index < -0.39 is 0 Å². The predicted molar refractivity (Wildman–Crippen MR) is 110 cm³/mol. The number of ether oxygens (including phenoxy) is 1. The molecule has 27 heavy (non-hydrogen) atoms. The molecule has 0 aromatic rings. The summed E-state index contributed by atoms with van der Waals surface area (Å²) in [4.78, 5) is 25.9. The molecule has 1 aliphatic rings. The molecule has 154 valence electrons. The van der Waals surface area contributed by atoms with E-state index in [-0.39, 0.29) is 11.8 Å². The molecule has 0 aromatic carbocycles. The van der Waals surface area contributed by atoms with Crippen LogP contribution in [-0.2, 0) is 14.3 Å². The third kappa shape index (κ3) is 14.1. The van der Waals surface area contributed by atoms with Crippen molar-refractivity contribution in [3.8, 4) is 0 Å². The van der Waals surface area contributed by atoms with Crippen molar-refractivity contribution in [3.05, 3.63) is 25.3 Å². The Labute approximate surface area is 164 Å². The van der Waals surface area contributed by atoms with Crippen LogP contribution in [0.15, 0.2) is 25.3 Å². The molecule has 2 amide bonds. The molecule has 0 bridgehead atoms. The van der Waals surface area contributed by atoms with Crippen LogP contribution in [0.3, 0.4) is 0 Å². The van der Waals surface area contributed by atoms with Crippen molar-refractivity contribution in [2.24, 2.45) is 0 Å². The topological polar surface area (TPSA) is 74.0 Å². The van der Waals surface area contributed by atoms with E-state index in [1.165, 1.54) is 0 Å². The van der Waals surface area contributed by atoms with Crippen LogP contribution in [0.4, 0.5) is 0 Å².